The molecule has 0 radical (unpaired) electrons. The SMILES string of the molecule is CCCCCCCCn1c(C2CC2)nc2ccccc21. The van der Waals surface area contributed by atoms with Gasteiger partial charge in [0.2, 0.25) is 0 Å². The highest BCUT2D eigenvalue weighted by molar-refractivity contribution is 5.76. The summed E-state index contributed by atoms with van der Waals surface area (Å²) in [6.07, 6.45) is 10.8. The molecule has 1 aliphatic carbocycles. The summed E-state index contributed by atoms with van der Waals surface area (Å²) in [5.41, 5.74) is 2.52. The van der Waals surface area contributed by atoms with Gasteiger partial charge in [-0.25, -0.2) is 4.98 Å². The van der Waals surface area contributed by atoms with Crippen LogP contribution in [0.5, 0.6) is 0 Å². The van der Waals surface area contributed by atoms with Crippen molar-refractivity contribution in [1.82, 2.24) is 9.55 Å². The Labute approximate surface area is 122 Å². The molecule has 1 aromatic heterocycles. The minimum Gasteiger partial charge on any atom is -0.328 e. The maximum atomic E-state index is 4.87. The van der Waals surface area contributed by atoms with E-state index in [1.807, 2.05) is 0 Å². The second kappa shape index (κ2) is 6.43. The summed E-state index contributed by atoms with van der Waals surface area (Å²) >= 11 is 0. The van der Waals surface area contributed by atoms with Crippen LogP contribution in [-0.2, 0) is 6.54 Å². The van der Waals surface area contributed by atoms with Crippen molar-refractivity contribution in [2.75, 3.05) is 0 Å². The molecule has 0 unspecified atom stereocenters. The number of fused-ring (bicyclic) bond motifs is 1. The van der Waals surface area contributed by atoms with E-state index in [-0.39, 0.29) is 0 Å². The van der Waals surface area contributed by atoms with Crippen LogP contribution in [0.2, 0.25) is 0 Å². The van der Waals surface area contributed by atoms with Gasteiger partial charge in [-0.05, 0) is 31.4 Å². The molecule has 1 aliphatic rings. The number of imidazole rings is 1. The number of benzene rings is 1. The number of hydrogen-bond donors (Lipinski definition) is 0. The second-order valence-electron chi connectivity index (χ2n) is 6.15. The summed E-state index contributed by atoms with van der Waals surface area (Å²) in [6.45, 7) is 3.43. The first-order valence-corrected chi connectivity index (χ1v) is 8.35. The van der Waals surface area contributed by atoms with E-state index in [4.69, 9.17) is 4.98 Å². The molecule has 108 valence electrons. The first kappa shape index (κ1) is 13.7. The molecule has 1 heterocycles. The molecule has 2 nitrogen and oxygen atoms in total. The molecule has 0 bridgehead atoms. The highest BCUT2D eigenvalue weighted by Gasteiger charge is 2.29. The fourth-order valence-corrected chi connectivity index (χ4v) is 3.03. The summed E-state index contributed by atoms with van der Waals surface area (Å²) in [5, 5.41) is 0. The summed E-state index contributed by atoms with van der Waals surface area (Å²) in [4.78, 5) is 4.87. The molecular formula is C18H26N2. The van der Waals surface area contributed by atoms with E-state index in [9.17, 15) is 0 Å². The molecule has 0 aliphatic heterocycles. The molecule has 0 saturated heterocycles. The lowest BCUT2D eigenvalue weighted by molar-refractivity contribution is 0.553. The zero-order valence-corrected chi connectivity index (χ0v) is 12.6. The standard InChI is InChI=1S/C18H26N2/c1-2-3-4-5-6-9-14-20-17-11-8-7-10-16(17)19-18(20)15-12-13-15/h7-8,10-11,15H,2-6,9,12-14H2,1H3. The topological polar surface area (TPSA) is 17.8 Å². The van der Waals surface area contributed by atoms with Gasteiger partial charge in [-0.1, -0.05) is 51.2 Å². The molecule has 1 aromatic carbocycles. The van der Waals surface area contributed by atoms with Crippen molar-refractivity contribution in [3.8, 4) is 0 Å². The van der Waals surface area contributed by atoms with Gasteiger partial charge in [-0.2, -0.15) is 0 Å². The molecule has 1 saturated carbocycles. The molecule has 0 atom stereocenters. The maximum absolute atomic E-state index is 4.87. The van der Waals surface area contributed by atoms with E-state index < -0.39 is 0 Å². The van der Waals surface area contributed by atoms with Gasteiger partial charge in [0.25, 0.3) is 0 Å². The normalized spacial score (nSPS) is 15.1. The fourth-order valence-electron chi connectivity index (χ4n) is 3.03. The molecule has 0 amide bonds. The van der Waals surface area contributed by atoms with E-state index in [2.05, 4.69) is 35.8 Å². The van der Waals surface area contributed by atoms with Gasteiger partial charge < -0.3 is 4.57 Å². The number of unbranched alkanes of at least 4 members (excludes halogenated alkanes) is 5. The maximum Gasteiger partial charge on any atom is 0.112 e. The van der Waals surface area contributed by atoms with Crippen LogP contribution >= 0.6 is 0 Å². The minimum absolute atomic E-state index is 0.738. The van der Waals surface area contributed by atoms with E-state index in [1.54, 1.807) is 0 Å². The van der Waals surface area contributed by atoms with Crippen molar-refractivity contribution in [1.29, 1.82) is 0 Å². The van der Waals surface area contributed by atoms with Crippen molar-refractivity contribution in [3.05, 3.63) is 30.1 Å². The number of aromatic nitrogens is 2. The van der Waals surface area contributed by atoms with Crippen molar-refractivity contribution in [3.63, 3.8) is 0 Å². The van der Waals surface area contributed by atoms with Crippen LogP contribution in [-0.4, -0.2) is 9.55 Å². The zero-order chi connectivity index (χ0) is 13.8. The Morgan fingerprint density at radius 2 is 1.80 bits per heavy atom. The lowest BCUT2D eigenvalue weighted by Gasteiger charge is -2.08. The minimum atomic E-state index is 0.738. The Balaban J connectivity index is 1.65. The Hall–Kier alpha value is -1.31. The van der Waals surface area contributed by atoms with Gasteiger partial charge in [-0.3, -0.25) is 0 Å². The van der Waals surface area contributed by atoms with Gasteiger partial charge >= 0.3 is 0 Å². The molecule has 20 heavy (non-hydrogen) atoms. The van der Waals surface area contributed by atoms with E-state index >= 15 is 0 Å². The van der Waals surface area contributed by atoms with Crippen LogP contribution in [0.1, 0.15) is 70.0 Å². The lowest BCUT2D eigenvalue weighted by Crippen LogP contribution is -2.03. The number of nitrogens with zero attached hydrogens (tertiary/aromatic N) is 2. The van der Waals surface area contributed by atoms with Crippen LogP contribution in [0, 0.1) is 0 Å². The van der Waals surface area contributed by atoms with Gasteiger partial charge in [0.05, 0.1) is 11.0 Å². The Morgan fingerprint density at radius 3 is 2.60 bits per heavy atom. The first-order chi connectivity index (χ1) is 9.90. The van der Waals surface area contributed by atoms with Gasteiger partial charge in [0.15, 0.2) is 0 Å². The monoisotopic (exact) mass is 270 g/mol. The third-order valence-corrected chi connectivity index (χ3v) is 4.36. The molecule has 1 fully saturated rings. The van der Waals surface area contributed by atoms with Crippen LogP contribution in [0.25, 0.3) is 11.0 Å². The predicted molar refractivity (Wildman–Crippen MR) is 85.1 cm³/mol. The summed E-state index contributed by atoms with van der Waals surface area (Å²) in [5.74, 6) is 2.09. The Morgan fingerprint density at radius 1 is 1.05 bits per heavy atom. The van der Waals surface area contributed by atoms with Crippen LogP contribution in [0.4, 0.5) is 0 Å². The number of rotatable bonds is 8. The smallest absolute Gasteiger partial charge is 0.112 e. The average molecular weight is 270 g/mol. The molecule has 3 rings (SSSR count). The lowest BCUT2D eigenvalue weighted by atomic mass is 10.1. The van der Waals surface area contributed by atoms with Gasteiger partial charge in [0.1, 0.15) is 5.82 Å². The highest BCUT2D eigenvalue weighted by atomic mass is 15.1. The van der Waals surface area contributed by atoms with Gasteiger partial charge in [-0.15, -0.1) is 0 Å². The predicted octanol–water partition coefficient (Wildman–Crippen LogP) is 5.27. The highest BCUT2D eigenvalue weighted by Crippen LogP contribution is 2.40. The largest absolute Gasteiger partial charge is 0.328 e. The Kier molecular flexibility index (Phi) is 4.39. The van der Waals surface area contributed by atoms with Crippen molar-refractivity contribution < 1.29 is 0 Å². The van der Waals surface area contributed by atoms with Crippen LogP contribution in [0.15, 0.2) is 24.3 Å². The Bertz CT molecular complexity index is 552. The average Bonchev–Trinajstić information content (AvgIpc) is 3.25. The third kappa shape index (κ3) is 3.05. The number of hydrogen-bond acceptors (Lipinski definition) is 1. The summed E-state index contributed by atoms with van der Waals surface area (Å²) in [6, 6.07) is 8.61. The summed E-state index contributed by atoms with van der Waals surface area (Å²) < 4.78 is 2.49. The molecular weight excluding hydrogens is 244 g/mol. The summed E-state index contributed by atoms with van der Waals surface area (Å²) in [7, 11) is 0. The number of para-hydroxylation sites is 2. The van der Waals surface area contributed by atoms with Gasteiger partial charge in [0, 0.05) is 12.5 Å². The van der Waals surface area contributed by atoms with E-state index in [0.717, 1.165) is 12.5 Å². The quantitative estimate of drug-likeness (QED) is 0.597. The number of aryl methyl sites for hydroxylation is 1. The van der Waals surface area contributed by atoms with Crippen molar-refractivity contribution >= 4 is 11.0 Å². The van der Waals surface area contributed by atoms with E-state index in [1.165, 1.54) is 68.2 Å². The molecule has 2 aromatic rings. The third-order valence-electron chi connectivity index (χ3n) is 4.36. The molecule has 0 N–H and O–H groups in total. The van der Waals surface area contributed by atoms with Crippen molar-refractivity contribution in [2.24, 2.45) is 0 Å². The van der Waals surface area contributed by atoms with Crippen LogP contribution < -0.4 is 0 Å². The van der Waals surface area contributed by atoms with E-state index in [0.29, 0.717) is 0 Å². The van der Waals surface area contributed by atoms with Crippen LogP contribution in [0.3, 0.4) is 0 Å². The first-order valence-electron chi connectivity index (χ1n) is 8.35. The zero-order valence-electron chi connectivity index (χ0n) is 12.6. The van der Waals surface area contributed by atoms with Crippen molar-refractivity contribution in [2.45, 2.75) is 70.8 Å². The fraction of sp³-hybridized carbons (Fsp3) is 0.611. The molecule has 0 spiro atoms. The molecule has 2 heteroatoms. The second-order valence-corrected chi connectivity index (χ2v) is 6.15.